The van der Waals surface area contributed by atoms with E-state index in [2.05, 4.69) is 27.2 Å². The van der Waals surface area contributed by atoms with E-state index in [1.54, 1.807) is 6.08 Å². The van der Waals surface area contributed by atoms with Gasteiger partial charge in [0.15, 0.2) is 11.5 Å². The fraction of sp³-hybridized carbons (Fsp3) is 0.188. The fourth-order valence-corrected chi connectivity index (χ4v) is 2.03. The van der Waals surface area contributed by atoms with Crippen LogP contribution in [0.2, 0.25) is 0 Å². The van der Waals surface area contributed by atoms with Crippen molar-refractivity contribution in [2.45, 2.75) is 0 Å². The molecule has 0 bridgehead atoms. The second-order valence-electron chi connectivity index (χ2n) is 4.78. The van der Waals surface area contributed by atoms with Gasteiger partial charge in [-0.1, -0.05) is 6.08 Å². The van der Waals surface area contributed by atoms with Gasteiger partial charge in [0.1, 0.15) is 13.2 Å². The van der Waals surface area contributed by atoms with Crippen LogP contribution in [-0.4, -0.2) is 35.6 Å². The van der Waals surface area contributed by atoms with Gasteiger partial charge in [-0.2, -0.15) is 0 Å². The number of nitrogens with zero attached hydrogens (tertiary/aromatic N) is 2. The minimum Gasteiger partial charge on any atom is -0.486 e. The molecule has 1 amide bonds. The average molecular weight is 312 g/mol. The van der Waals surface area contributed by atoms with E-state index in [4.69, 9.17) is 9.47 Å². The zero-order chi connectivity index (χ0) is 16.1. The number of anilines is 2. The van der Waals surface area contributed by atoms with Crippen LogP contribution in [0.4, 0.5) is 11.6 Å². The first-order valence-corrected chi connectivity index (χ1v) is 7.14. The summed E-state index contributed by atoms with van der Waals surface area (Å²) in [4.78, 5) is 20.0. The number of ether oxygens (including phenoxy) is 2. The van der Waals surface area contributed by atoms with Gasteiger partial charge in [-0.15, -0.1) is 6.58 Å². The summed E-state index contributed by atoms with van der Waals surface area (Å²) in [6, 6.07) is 5.50. The van der Waals surface area contributed by atoms with Gasteiger partial charge in [0.05, 0.1) is 5.56 Å². The second kappa shape index (κ2) is 6.78. The normalized spacial score (nSPS) is 12.3. The highest BCUT2D eigenvalue weighted by molar-refractivity contribution is 5.93. The molecule has 2 aromatic rings. The quantitative estimate of drug-likeness (QED) is 0.820. The predicted molar refractivity (Wildman–Crippen MR) is 85.3 cm³/mol. The number of rotatable bonds is 5. The van der Waals surface area contributed by atoms with Gasteiger partial charge in [0, 0.05) is 30.7 Å². The van der Waals surface area contributed by atoms with E-state index in [0.717, 1.165) is 11.4 Å². The topological polar surface area (TPSA) is 85.4 Å². The minimum absolute atomic E-state index is 0.240. The third-order valence-corrected chi connectivity index (χ3v) is 3.12. The third kappa shape index (κ3) is 3.57. The molecule has 1 aromatic carbocycles. The molecule has 0 radical (unpaired) electrons. The van der Waals surface area contributed by atoms with Crippen LogP contribution in [0.5, 0.6) is 11.5 Å². The molecule has 1 aliphatic heterocycles. The molecule has 1 aromatic heterocycles. The number of aromatic nitrogens is 2. The monoisotopic (exact) mass is 312 g/mol. The first-order valence-electron chi connectivity index (χ1n) is 7.14. The highest BCUT2D eigenvalue weighted by Crippen LogP contribution is 2.33. The first-order chi connectivity index (χ1) is 11.3. The lowest BCUT2D eigenvalue weighted by Crippen LogP contribution is -2.23. The zero-order valence-corrected chi connectivity index (χ0v) is 12.4. The van der Waals surface area contributed by atoms with Crippen molar-refractivity contribution in [3.05, 3.63) is 48.8 Å². The number of hydrogen-bond donors (Lipinski definition) is 2. The average Bonchev–Trinajstić information content (AvgIpc) is 2.60. The Balaban J connectivity index is 1.68. The maximum atomic E-state index is 11.7. The van der Waals surface area contributed by atoms with E-state index in [1.165, 1.54) is 12.4 Å². The fourth-order valence-electron chi connectivity index (χ4n) is 2.03. The Hall–Kier alpha value is -3.09. The van der Waals surface area contributed by atoms with Crippen molar-refractivity contribution in [3.8, 4) is 11.5 Å². The van der Waals surface area contributed by atoms with Gasteiger partial charge in [-0.3, -0.25) is 4.79 Å². The molecular formula is C16H16N4O3. The number of benzene rings is 1. The number of nitrogens with one attached hydrogen (secondary N) is 2. The number of carbonyl (C=O) groups excluding carboxylic acids is 1. The molecule has 0 spiro atoms. The number of fused-ring (bicyclic) bond motifs is 1. The third-order valence-electron chi connectivity index (χ3n) is 3.12. The van der Waals surface area contributed by atoms with Gasteiger partial charge in [0.2, 0.25) is 5.95 Å². The van der Waals surface area contributed by atoms with Gasteiger partial charge in [0.25, 0.3) is 5.91 Å². The smallest absolute Gasteiger partial charge is 0.254 e. The minimum atomic E-state index is -0.240. The molecule has 0 saturated heterocycles. The summed E-state index contributed by atoms with van der Waals surface area (Å²) in [6.45, 7) is 5.02. The van der Waals surface area contributed by atoms with Crippen molar-refractivity contribution >= 4 is 17.5 Å². The van der Waals surface area contributed by atoms with Gasteiger partial charge >= 0.3 is 0 Å². The maximum Gasteiger partial charge on any atom is 0.254 e. The molecule has 2 N–H and O–H groups in total. The summed E-state index contributed by atoms with van der Waals surface area (Å²) in [6.07, 6.45) is 4.54. The SMILES string of the molecule is C=CCNC(=O)c1cnc(Nc2ccc3c(c2)OCCO3)nc1. The second-order valence-corrected chi connectivity index (χ2v) is 4.78. The Morgan fingerprint density at radius 2 is 1.96 bits per heavy atom. The summed E-state index contributed by atoms with van der Waals surface area (Å²) in [5, 5.41) is 5.72. The van der Waals surface area contributed by atoms with Crippen molar-refractivity contribution in [2.24, 2.45) is 0 Å². The van der Waals surface area contributed by atoms with Crippen LogP contribution in [0.1, 0.15) is 10.4 Å². The molecular weight excluding hydrogens is 296 g/mol. The molecule has 7 heteroatoms. The standard InChI is InChI=1S/C16H16N4O3/c1-2-5-17-15(21)11-9-18-16(19-10-11)20-12-3-4-13-14(8-12)23-7-6-22-13/h2-4,8-10H,1,5-7H2,(H,17,21)(H,18,19,20). The Labute approximate surface area is 133 Å². The van der Waals surface area contributed by atoms with Crippen molar-refractivity contribution in [1.29, 1.82) is 0 Å². The first kappa shape index (κ1) is 14.8. The Morgan fingerprint density at radius 3 is 2.70 bits per heavy atom. The highest BCUT2D eigenvalue weighted by Gasteiger charge is 2.12. The van der Waals surface area contributed by atoms with Crippen LogP contribution < -0.4 is 20.1 Å². The van der Waals surface area contributed by atoms with Crippen molar-refractivity contribution in [2.75, 3.05) is 25.1 Å². The van der Waals surface area contributed by atoms with Crippen LogP contribution in [0.3, 0.4) is 0 Å². The zero-order valence-electron chi connectivity index (χ0n) is 12.4. The van der Waals surface area contributed by atoms with Crippen molar-refractivity contribution in [1.82, 2.24) is 15.3 Å². The molecule has 3 rings (SSSR count). The molecule has 23 heavy (non-hydrogen) atoms. The Kier molecular flexibility index (Phi) is 4.37. The molecule has 0 aliphatic carbocycles. The summed E-state index contributed by atoms with van der Waals surface area (Å²) in [7, 11) is 0. The van der Waals surface area contributed by atoms with Crippen LogP contribution in [0, 0.1) is 0 Å². The predicted octanol–water partition coefficient (Wildman–Crippen LogP) is 1.91. The van der Waals surface area contributed by atoms with Crippen LogP contribution in [-0.2, 0) is 0 Å². The lowest BCUT2D eigenvalue weighted by molar-refractivity contribution is 0.0957. The Morgan fingerprint density at radius 1 is 1.22 bits per heavy atom. The number of amides is 1. The van der Waals surface area contributed by atoms with E-state index in [-0.39, 0.29) is 5.91 Å². The summed E-state index contributed by atoms with van der Waals surface area (Å²) in [5.41, 5.74) is 1.16. The lowest BCUT2D eigenvalue weighted by Gasteiger charge is -2.18. The van der Waals surface area contributed by atoms with Gasteiger partial charge < -0.3 is 20.1 Å². The van der Waals surface area contributed by atoms with E-state index in [1.807, 2.05) is 18.2 Å². The van der Waals surface area contributed by atoms with E-state index < -0.39 is 0 Å². The molecule has 0 unspecified atom stereocenters. The van der Waals surface area contributed by atoms with Gasteiger partial charge in [-0.05, 0) is 12.1 Å². The number of hydrogen-bond acceptors (Lipinski definition) is 6. The summed E-state index contributed by atoms with van der Waals surface area (Å²) < 4.78 is 11.0. The van der Waals surface area contributed by atoms with Crippen LogP contribution in [0.15, 0.2) is 43.2 Å². The summed E-state index contributed by atoms with van der Waals surface area (Å²) >= 11 is 0. The molecule has 0 saturated carbocycles. The van der Waals surface area contributed by atoms with E-state index in [0.29, 0.717) is 37.0 Å². The largest absolute Gasteiger partial charge is 0.486 e. The highest BCUT2D eigenvalue weighted by atomic mass is 16.6. The number of carbonyl (C=O) groups is 1. The molecule has 7 nitrogen and oxygen atoms in total. The molecule has 0 fully saturated rings. The van der Waals surface area contributed by atoms with E-state index >= 15 is 0 Å². The van der Waals surface area contributed by atoms with Crippen molar-refractivity contribution in [3.63, 3.8) is 0 Å². The Bertz CT molecular complexity index is 716. The molecule has 1 aliphatic rings. The van der Waals surface area contributed by atoms with E-state index in [9.17, 15) is 4.79 Å². The van der Waals surface area contributed by atoms with Gasteiger partial charge in [-0.25, -0.2) is 9.97 Å². The molecule has 0 atom stereocenters. The molecule has 118 valence electrons. The lowest BCUT2D eigenvalue weighted by atomic mass is 10.2. The van der Waals surface area contributed by atoms with Crippen LogP contribution in [0.25, 0.3) is 0 Å². The maximum absolute atomic E-state index is 11.7. The molecule has 2 heterocycles. The summed E-state index contributed by atoms with van der Waals surface area (Å²) in [5.74, 6) is 1.55. The van der Waals surface area contributed by atoms with Crippen molar-refractivity contribution < 1.29 is 14.3 Å². The van der Waals surface area contributed by atoms with Crippen LogP contribution >= 0.6 is 0 Å².